The zero-order valence-corrected chi connectivity index (χ0v) is 11.7. The van der Waals surface area contributed by atoms with E-state index in [9.17, 15) is 0 Å². The summed E-state index contributed by atoms with van der Waals surface area (Å²) >= 11 is 0. The van der Waals surface area contributed by atoms with Crippen LogP contribution in [0.25, 0.3) is 0 Å². The third kappa shape index (κ3) is 2.99. The lowest BCUT2D eigenvalue weighted by molar-refractivity contribution is 0.181. The summed E-state index contributed by atoms with van der Waals surface area (Å²) in [4.78, 5) is 4.47. The smallest absolute Gasteiger partial charge is 0.153 e. The molecule has 0 bridgehead atoms. The van der Waals surface area contributed by atoms with Crippen molar-refractivity contribution in [2.45, 2.75) is 38.2 Å². The van der Waals surface area contributed by atoms with Gasteiger partial charge in [0.25, 0.3) is 0 Å². The third-order valence-electron chi connectivity index (χ3n) is 3.75. The molecule has 2 aromatic heterocycles. The Hall–Kier alpha value is -1.88. The molecule has 1 aliphatic rings. The van der Waals surface area contributed by atoms with Crippen LogP contribution in [-0.4, -0.2) is 22.3 Å². The monoisotopic (exact) mass is 272 g/mol. The molecule has 106 valence electrons. The van der Waals surface area contributed by atoms with Crippen LogP contribution < -0.4 is 5.32 Å². The number of hydrogen-bond donors (Lipinski definition) is 2. The van der Waals surface area contributed by atoms with Gasteiger partial charge in [-0.3, -0.25) is 5.10 Å². The highest BCUT2D eigenvalue weighted by molar-refractivity contribution is 5.52. The van der Waals surface area contributed by atoms with Gasteiger partial charge in [0.05, 0.1) is 12.3 Å². The summed E-state index contributed by atoms with van der Waals surface area (Å²) in [5, 5.41) is 10.7. The van der Waals surface area contributed by atoms with Crippen LogP contribution in [-0.2, 0) is 11.3 Å². The van der Waals surface area contributed by atoms with Crippen LogP contribution in [0.4, 0.5) is 11.6 Å². The van der Waals surface area contributed by atoms with Crippen LogP contribution in [0.1, 0.15) is 43.0 Å². The van der Waals surface area contributed by atoms with E-state index in [1.54, 1.807) is 7.11 Å². The summed E-state index contributed by atoms with van der Waals surface area (Å²) in [6.07, 6.45) is 5.19. The van der Waals surface area contributed by atoms with Crippen molar-refractivity contribution in [2.75, 3.05) is 12.4 Å². The number of hydrogen-bond acceptors (Lipinski definition) is 4. The van der Waals surface area contributed by atoms with Gasteiger partial charge >= 0.3 is 0 Å². The topological polar surface area (TPSA) is 62.8 Å². The molecule has 0 aromatic carbocycles. The molecule has 1 fully saturated rings. The van der Waals surface area contributed by atoms with Crippen molar-refractivity contribution in [3.63, 3.8) is 0 Å². The average Bonchev–Trinajstić information content (AvgIpc) is 3.10. The molecule has 3 rings (SSSR count). The van der Waals surface area contributed by atoms with Crippen LogP contribution in [0.2, 0.25) is 0 Å². The van der Waals surface area contributed by atoms with E-state index >= 15 is 0 Å². The lowest BCUT2D eigenvalue weighted by Crippen LogP contribution is -1.98. The zero-order valence-electron chi connectivity index (χ0n) is 11.7. The van der Waals surface area contributed by atoms with Crippen LogP contribution in [0.5, 0.6) is 0 Å². The highest BCUT2D eigenvalue weighted by Crippen LogP contribution is 2.33. The highest BCUT2D eigenvalue weighted by Gasteiger charge is 2.19. The minimum absolute atomic E-state index is 0.517. The predicted molar refractivity (Wildman–Crippen MR) is 78.0 cm³/mol. The normalized spacial score (nSPS) is 15.7. The molecule has 0 atom stereocenters. The van der Waals surface area contributed by atoms with E-state index in [4.69, 9.17) is 4.74 Å². The number of nitrogens with one attached hydrogen (secondary N) is 2. The second kappa shape index (κ2) is 6.05. The Labute approximate surface area is 118 Å². The first kappa shape index (κ1) is 13.1. The molecule has 2 aromatic rings. The van der Waals surface area contributed by atoms with Gasteiger partial charge in [0.1, 0.15) is 5.82 Å². The molecule has 1 aliphatic carbocycles. The summed E-state index contributed by atoms with van der Waals surface area (Å²) in [5.41, 5.74) is 2.14. The Morgan fingerprint density at radius 3 is 2.95 bits per heavy atom. The molecular formula is C15H20N4O. The molecule has 2 N–H and O–H groups in total. The van der Waals surface area contributed by atoms with E-state index in [2.05, 4.69) is 26.6 Å². The minimum atomic E-state index is 0.517. The number of methoxy groups -OCH3 is 1. The van der Waals surface area contributed by atoms with Gasteiger partial charge in [-0.2, -0.15) is 5.10 Å². The van der Waals surface area contributed by atoms with Crippen molar-refractivity contribution in [3.8, 4) is 0 Å². The number of aromatic nitrogens is 3. The molecule has 5 heteroatoms. The number of pyridine rings is 1. The highest BCUT2D eigenvalue weighted by atomic mass is 16.5. The van der Waals surface area contributed by atoms with Gasteiger partial charge in [-0.1, -0.05) is 18.9 Å². The molecule has 0 amide bonds. The fourth-order valence-corrected chi connectivity index (χ4v) is 2.76. The van der Waals surface area contributed by atoms with Gasteiger partial charge in [0.15, 0.2) is 5.82 Å². The van der Waals surface area contributed by atoms with E-state index in [1.807, 2.05) is 18.2 Å². The van der Waals surface area contributed by atoms with Crippen molar-refractivity contribution >= 4 is 11.6 Å². The SMILES string of the molecule is COCc1cccc(Nc2cc(C3CCCC3)[nH]n2)n1. The Kier molecular flexibility index (Phi) is 3.97. The summed E-state index contributed by atoms with van der Waals surface area (Å²) < 4.78 is 5.09. The number of aromatic amines is 1. The second-order valence-corrected chi connectivity index (χ2v) is 5.26. The molecule has 0 spiro atoms. The number of nitrogens with zero attached hydrogens (tertiary/aromatic N) is 2. The fourth-order valence-electron chi connectivity index (χ4n) is 2.76. The number of ether oxygens (including phenoxy) is 1. The van der Waals surface area contributed by atoms with Crippen LogP contribution in [0.3, 0.4) is 0 Å². The van der Waals surface area contributed by atoms with Gasteiger partial charge in [-0.15, -0.1) is 0 Å². The first-order valence-electron chi connectivity index (χ1n) is 7.12. The first-order chi connectivity index (χ1) is 9.85. The molecule has 0 saturated heterocycles. The van der Waals surface area contributed by atoms with Crippen LogP contribution in [0, 0.1) is 0 Å². The molecule has 0 radical (unpaired) electrons. The van der Waals surface area contributed by atoms with Crippen LogP contribution >= 0.6 is 0 Å². The zero-order chi connectivity index (χ0) is 13.8. The molecule has 2 heterocycles. The standard InChI is InChI=1S/C15H20N4O/c1-20-10-12-7-4-8-14(16-12)17-15-9-13(18-19-15)11-5-2-3-6-11/h4,7-9,11H,2-3,5-6,10H2,1H3,(H2,16,17,18,19). The van der Waals surface area contributed by atoms with Gasteiger partial charge < -0.3 is 10.1 Å². The van der Waals surface area contributed by atoms with E-state index in [0.717, 1.165) is 17.3 Å². The van der Waals surface area contributed by atoms with E-state index < -0.39 is 0 Å². The first-order valence-corrected chi connectivity index (χ1v) is 7.12. The molecule has 20 heavy (non-hydrogen) atoms. The molecule has 0 unspecified atom stereocenters. The Morgan fingerprint density at radius 2 is 2.15 bits per heavy atom. The molecule has 0 aliphatic heterocycles. The van der Waals surface area contributed by atoms with E-state index in [-0.39, 0.29) is 0 Å². The Morgan fingerprint density at radius 1 is 1.30 bits per heavy atom. The van der Waals surface area contributed by atoms with Crippen molar-refractivity contribution < 1.29 is 4.74 Å². The van der Waals surface area contributed by atoms with Gasteiger partial charge in [0, 0.05) is 24.8 Å². The summed E-state index contributed by atoms with van der Waals surface area (Å²) in [7, 11) is 1.67. The Balaban J connectivity index is 1.69. The van der Waals surface area contributed by atoms with E-state index in [1.165, 1.54) is 31.4 Å². The predicted octanol–water partition coefficient (Wildman–Crippen LogP) is 3.35. The molecule has 5 nitrogen and oxygen atoms in total. The van der Waals surface area contributed by atoms with Crippen molar-refractivity contribution in [1.29, 1.82) is 0 Å². The summed E-state index contributed by atoms with van der Waals surface area (Å²) in [6.45, 7) is 0.517. The fraction of sp³-hybridized carbons (Fsp3) is 0.467. The Bertz CT molecular complexity index is 561. The van der Waals surface area contributed by atoms with Gasteiger partial charge in [-0.05, 0) is 25.0 Å². The molecular weight excluding hydrogens is 252 g/mol. The minimum Gasteiger partial charge on any atom is -0.378 e. The van der Waals surface area contributed by atoms with Gasteiger partial charge in [0.2, 0.25) is 0 Å². The lowest BCUT2D eigenvalue weighted by atomic mass is 10.0. The lowest BCUT2D eigenvalue weighted by Gasteiger charge is -2.05. The maximum atomic E-state index is 5.09. The maximum absolute atomic E-state index is 5.09. The van der Waals surface area contributed by atoms with Crippen molar-refractivity contribution in [2.24, 2.45) is 0 Å². The third-order valence-corrected chi connectivity index (χ3v) is 3.75. The summed E-state index contributed by atoms with van der Waals surface area (Å²) in [5.74, 6) is 2.27. The van der Waals surface area contributed by atoms with Crippen molar-refractivity contribution in [3.05, 3.63) is 35.7 Å². The van der Waals surface area contributed by atoms with Crippen molar-refractivity contribution in [1.82, 2.24) is 15.2 Å². The average molecular weight is 272 g/mol. The largest absolute Gasteiger partial charge is 0.378 e. The molecule has 1 saturated carbocycles. The maximum Gasteiger partial charge on any atom is 0.153 e. The number of H-pyrrole nitrogens is 1. The van der Waals surface area contributed by atoms with E-state index in [0.29, 0.717) is 12.5 Å². The van der Waals surface area contributed by atoms with Crippen LogP contribution in [0.15, 0.2) is 24.3 Å². The summed E-state index contributed by atoms with van der Waals surface area (Å²) in [6, 6.07) is 7.95. The quantitative estimate of drug-likeness (QED) is 0.876. The van der Waals surface area contributed by atoms with Gasteiger partial charge in [-0.25, -0.2) is 4.98 Å². The number of anilines is 2. The second-order valence-electron chi connectivity index (χ2n) is 5.26. The number of rotatable bonds is 5.